The Morgan fingerprint density at radius 1 is 1.08 bits per heavy atom. The highest BCUT2D eigenvalue weighted by atomic mass is 14.2. The predicted molar refractivity (Wildman–Crippen MR) is 59.0 cm³/mol. The van der Waals surface area contributed by atoms with Crippen molar-refractivity contribution in [2.45, 2.75) is 40.0 Å². The lowest BCUT2D eigenvalue weighted by Gasteiger charge is -1.93. The van der Waals surface area contributed by atoms with Crippen LogP contribution in [0.15, 0.2) is 24.3 Å². The summed E-state index contributed by atoms with van der Waals surface area (Å²) in [5.74, 6) is 0.873. The van der Waals surface area contributed by atoms with E-state index in [-0.39, 0.29) is 0 Å². The summed E-state index contributed by atoms with van der Waals surface area (Å²) >= 11 is 0. The van der Waals surface area contributed by atoms with Crippen LogP contribution in [0.3, 0.4) is 0 Å². The lowest BCUT2D eigenvalue weighted by molar-refractivity contribution is 0.628. The van der Waals surface area contributed by atoms with Crippen molar-refractivity contribution in [3.8, 4) is 0 Å². The van der Waals surface area contributed by atoms with Crippen molar-refractivity contribution in [2.75, 3.05) is 0 Å². The lowest BCUT2D eigenvalue weighted by Crippen LogP contribution is -1.89. The first kappa shape index (κ1) is 10.3. The molecule has 0 unspecified atom stereocenters. The van der Waals surface area contributed by atoms with E-state index >= 15 is 0 Å². The third-order valence-corrected chi connectivity index (χ3v) is 2.26. The van der Waals surface area contributed by atoms with E-state index in [1.165, 1.54) is 19.3 Å². The molecule has 72 valence electrons. The fourth-order valence-electron chi connectivity index (χ4n) is 1.78. The zero-order valence-electron chi connectivity index (χ0n) is 9.01. The minimum atomic E-state index is 0.873. The Bertz CT molecular complexity index is 225. The van der Waals surface area contributed by atoms with Crippen molar-refractivity contribution in [3.05, 3.63) is 35.4 Å². The minimum Gasteiger partial charge on any atom is -0.0656 e. The van der Waals surface area contributed by atoms with Crippen molar-refractivity contribution in [1.82, 2.24) is 0 Å². The molecule has 0 radical (unpaired) electrons. The highest BCUT2D eigenvalue weighted by Crippen LogP contribution is 2.25. The van der Waals surface area contributed by atoms with Gasteiger partial charge in [-0.3, -0.25) is 0 Å². The fraction of sp³-hybridized carbons (Fsp3) is 0.538. The molecule has 0 heterocycles. The topological polar surface area (TPSA) is 0 Å². The van der Waals surface area contributed by atoms with Crippen LogP contribution in [0.2, 0.25) is 0 Å². The molecule has 1 aromatic rings. The molecule has 0 nitrogen and oxygen atoms in total. The Labute approximate surface area is 82.0 Å². The van der Waals surface area contributed by atoms with Crippen LogP contribution >= 0.6 is 0 Å². The van der Waals surface area contributed by atoms with Gasteiger partial charge in [0.25, 0.3) is 0 Å². The molecule has 13 heavy (non-hydrogen) atoms. The van der Waals surface area contributed by atoms with Crippen LogP contribution in [0.4, 0.5) is 0 Å². The highest BCUT2D eigenvalue weighted by Gasteiger charge is 2.15. The monoisotopic (exact) mass is 176 g/mol. The van der Waals surface area contributed by atoms with Gasteiger partial charge in [-0.2, -0.15) is 0 Å². The van der Waals surface area contributed by atoms with Crippen molar-refractivity contribution in [2.24, 2.45) is 5.92 Å². The zero-order valence-corrected chi connectivity index (χ0v) is 9.01. The van der Waals surface area contributed by atoms with Crippen LogP contribution in [-0.2, 0) is 12.8 Å². The molecule has 0 bridgehead atoms. The first-order chi connectivity index (χ1) is 6.27. The molecule has 0 aliphatic heterocycles. The van der Waals surface area contributed by atoms with E-state index in [0.717, 1.165) is 5.92 Å². The molecule has 1 aliphatic rings. The second-order valence-corrected chi connectivity index (χ2v) is 3.99. The summed E-state index contributed by atoms with van der Waals surface area (Å²) in [4.78, 5) is 0. The van der Waals surface area contributed by atoms with Gasteiger partial charge < -0.3 is 0 Å². The molecule has 0 N–H and O–H groups in total. The van der Waals surface area contributed by atoms with Gasteiger partial charge in [0.15, 0.2) is 0 Å². The number of rotatable bonds is 0. The van der Waals surface area contributed by atoms with Crippen LogP contribution in [-0.4, -0.2) is 0 Å². The van der Waals surface area contributed by atoms with E-state index in [1.54, 1.807) is 11.1 Å². The SMILES string of the molecule is CC1Cc2ccccc2C1.CCC. The quantitative estimate of drug-likeness (QED) is 0.563. The zero-order chi connectivity index (χ0) is 9.68. The first-order valence-electron chi connectivity index (χ1n) is 5.34. The average Bonchev–Trinajstić information content (AvgIpc) is 2.45. The summed E-state index contributed by atoms with van der Waals surface area (Å²) < 4.78 is 0. The Morgan fingerprint density at radius 2 is 1.46 bits per heavy atom. The summed E-state index contributed by atoms with van der Waals surface area (Å²) in [7, 11) is 0. The normalized spacial score (nSPS) is 14.7. The summed E-state index contributed by atoms with van der Waals surface area (Å²) in [5.41, 5.74) is 3.13. The van der Waals surface area contributed by atoms with Crippen LogP contribution in [0, 0.1) is 5.92 Å². The first-order valence-corrected chi connectivity index (χ1v) is 5.34. The number of fused-ring (bicyclic) bond motifs is 1. The third-order valence-electron chi connectivity index (χ3n) is 2.26. The van der Waals surface area contributed by atoms with Gasteiger partial charge in [0.05, 0.1) is 0 Å². The van der Waals surface area contributed by atoms with Gasteiger partial charge in [-0.1, -0.05) is 51.5 Å². The van der Waals surface area contributed by atoms with Gasteiger partial charge in [0.1, 0.15) is 0 Å². The standard InChI is InChI=1S/C10H12.C3H8/c1-8-6-9-4-2-3-5-10(9)7-8;1-3-2/h2-5,8H,6-7H2,1H3;3H2,1-2H3. The van der Waals surface area contributed by atoms with Crippen LogP contribution < -0.4 is 0 Å². The molecule has 1 aliphatic carbocycles. The van der Waals surface area contributed by atoms with Gasteiger partial charge in [0.2, 0.25) is 0 Å². The van der Waals surface area contributed by atoms with E-state index in [0.29, 0.717) is 0 Å². The van der Waals surface area contributed by atoms with Gasteiger partial charge in [-0.25, -0.2) is 0 Å². The molecule has 0 heteroatoms. The van der Waals surface area contributed by atoms with E-state index in [2.05, 4.69) is 45.0 Å². The maximum atomic E-state index is 2.32. The van der Waals surface area contributed by atoms with Crippen molar-refractivity contribution in [3.63, 3.8) is 0 Å². The summed E-state index contributed by atoms with van der Waals surface area (Å²) in [6.45, 7) is 6.57. The Kier molecular flexibility index (Phi) is 4.01. The molecule has 0 saturated heterocycles. The molecular formula is C13H20. The van der Waals surface area contributed by atoms with E-state index in [9.17, 15) is 0 Å². The largest absolute Gasteiger partial charge is 0.0656 e. The number of benzene rings is 1. The average molecular weight is 176 g/mol. The fourth-order valence-corrected chi connectivity index (χ4v) is 1.78. The second kappa shape index (κ2) is 5.06. The van der Waals surface area contributed by atoms with Crippen LogP contribution in [0.1, 0.15) is 38.3 Å². The maximum absolute atomic E-state index is 2.32. The van der Waals surface area contributed by atoms with E-state index in [4.69, 9.17) is 0 Å². The maximum Gasteiger partial charge on any atom is -0.0247 e. The molecule has 0 amide bonds. The van der Waals surface area contributed by atoms with E-state index < -0.39 is 0 Å². The van der Waals surface area contributed by atoms with Gasteiger partial charge >= 0.3 is 0 Å². The van der Waals surface area contributed by atoms with Gasteiger partial charge in [-0.15, -0.1) is 0 Å². The van der Waals surface area contributed by atoms with Gasteiger partial charge in [0, 0.05) is 0 Å². The molecule has 0 aromatic heterocycles. The van der Waals surface area contributed by atoms with Crippen LogP contribution in [0.25, 0.3) is 0 Å². The minimum absolute atomic E-state index is 0.873. The molecule has 2 rings (SSSR count). The van der Waals surface area contributed by atoms with Crippen LogP contribution in [0.5, 0.6) is 0 Å². The predicted octanol–water partition coefficient (Wildman–Crippen LogP) is 3.84. The number of hydrogen-bond acceptors (Lipinski definition) is 0. The van der Waals surface area contributed by atoms with Crippen molar-refractivity contribution in [1.29, 1.82) is 0 Å². The second-order valence-electron chi connectivity index (χ2n) is 3.99. The molecule has 0 spiro atoms. The Hall–Kier alpha value is -0.780. The third kappa shape index (κ3) is 2.87. The summed E-state index contributed by atoms with van der Waals surface area (Å²) in [5, 5.41) is 0. The van der Waals surface area contributed by atoms with E-state index in [1.807, 2.05) is 0 Å². The molecule has 0 atom stereocenters. The summed E-state index contributed by atoms with van der Waals surface area (Å²) in [6.07, 6.45) is 3.83. The highest BCUT2D eigenvalue weighted by molar-refractivity contribution is 5.31. The van der Waals surface area contributed by atoms with Crippen molar-refractivity contribution >= 4 is 0 Å². The smallest absolute Gasteiger partial charge is 0.0247 e. The lowest BCUT2D eigenvalue weighted by atomic mass is 10.1. The van der Waals surface area contributed by atoms with Gasteiger partial charge in [-0.05, 0) is 29.9 Å². The molecule has 0 saturated carbocycles. The molecular weight excluding hydrogens is 156 g/mol. The van der Waals surface area contributed by atoms with Crippen molar-refractivity contribution < 1.29 is 0 Å². The Balaban J connectivity index is 0.000000251. The number of hydrogen-bond donors (Lipinski definition) is 0. The molecule has 0 fully saturated rings. The Morgan fingerprint density at radius 3 is 1.85 bits per heavy atom. The molecule has 1 aromatic carbocycles. The summed E-state index contributed by atoms with van der Waals surface area (Å²) in [6, 6.07) is 8.77.